The van der Waals surface area contributed by atoms with Crippen molar-refractivity contribution in [3.05, 3.63) is 119 Å². The van der Waals surface area contributed by atoms with Gasteiger partial charge in [-0.25, -0.2) is 13.8 Å². The minimum absolute atomic E-state index is 0. The Morgan fingerprint density at radius 3 is 2.47 bits per heavy atom. The molecule has 5 nitrogen and oxygen atoms in total. The maximum absolute atomic E-state index is 15.1. The molecular formula is C39H36F2N4OPt. The van der Waals surface area contributed by atoms with Crippen LogP contribution in [0.5, 0.6) is 11.5 Å². The van der Waals surface area contributed by atoms with Crippen molar-refractivity contribution in [1.82, 2.24) is 19.3 Å². The van der Waals surface area contributed by atoms with Gasteiger partial charge in [0.2, 0.25) is 0 Å². The van der Waals surface area contributed by atoms with Crippen molar-refractivity contribution < 1.29 is 34.6 Å². The number of alkyl halides is 1. The van der Waals surface area contributed by atoms with Gasteiger partial charge in [0.05, 0.1) is 11.6 Å². The van der Waals surface area contributed by atoms with Crippen molar-refractivity contribution in [2.75, 3.05) is 0 Å². The fourth-order valence-corrected chi connectivity index (χ4v) is 6.68. The summed E-state index contributed by atoms with van der Waals surface area (Å²) in [4.78, 5) is 4.75. The molecule has 0 spiro atoms. The largest absolute Gasteiger partial charge is 2.00 e. The third-order valence-electron chi connectivity index (χ3n) is 8.96. The van der Waals surface area contributed by atoms with Gasteiger partial charge in [0, 0.05) is 34.5 Å². The Morgan fingerprint density at radius 2 is 1.70 bits per heavy atom. The van der Waals surface area contributed by atoms with Gasteiger partial charge in [-0.1, -0.05) is 51.4 Å². The average molecular weight is 810 g/mol. The number of aromatic nitrogens is 4. The number of benzene rings is 3. The standard InChI is InChI=1S/C39H36F2N4O.Pt/c1-23-18-32(40)38(33(41)19-23)37-24(2)43-45(25(37)3)27-10-9-11-28(21-27)46-29-14-15-31-30-12-7-8-13-34(30)44(35(31)22-29)36-20-26(16-17-42-36)39(4,5)6;/h7-18,20,23,33,38H,19H2,1-6H3;/q-2;+2/t23-,33-,38?;/m0./s1. The molecule has 0 radical (unpaired) electrons. The second kappa shape index (κ2) is 12.5. The molecule has 0 bridgehead atoms. The molecule has 7 rings (SSSR count). The first-order chi connectivity index (χ1) is 22.0. The number of nitrogens with zero attached hydrogens (tertiary/aromatic N) is 4. The summed E-state index contributed by atoms with van der Waals surface area (Å²) in [5.74, 6) is 0.299. The zero-order chi connectivity index (χ0) is 32.3. The Kier molecular flexibility index (Phi) is 8.73. The molecule has 6 aromatic rings. The zero-order valence-corrected chi connectivity index (χ0v) is 29.5. The van der Waals surface area contributed by atoms with Crippen LogP contribution in [0.3, 0.4) is 0 Å². The molecule has 8 heteroatoms. The Hall–Kier alpha value is -4.09. The van der Waals surface area contributed by atoms with Crippen LogP contribution >= 0.6 is 0 Å². The van der Waals surface area contributed by atoms with Gasteiger partial charge >= 0.3 is 21.1 Å². The van der Waals surface area contributed by atoms with E-state index in [0.717, 1.165) is 27.6 Å². The van der Waals surface area contributed by atoms with Crippen molar-refractivity contribution in [3.8, 4) is 23.0 Å². The second-order valence-corrected chi connectivity index (χ2v) is 13.3. The molecule has 1 unspecified atom stereocenters. The maximum atomic E-state index is 15.1. The van der Waals surface area contributed by atoms with Gasteiger partial charge in [0.1, 0.15) is 17.8 Å². The summed E-state index contributed by atoms with van der Waals surface area (Å²) in [6, 6.07) is 28.7. The number of pyridine rings is 1. The molecule has 1 aliphatic rings. The normalized spacial score (nSPS) is 18.3. The van der Waals surface area contributed by atoms with Crippen LogP contribution in [0.2, 0.25) is 0 Å². The van der Waals surface area contributed by atoms with Crippen LogP contribution in [0.1, 0.15) is 62.5 Å². The van der Waals surface area contributed by atoms with E-state index in [1.165, 1.54) is 11.6 Å². The van der Waals surface area contributed by atoms with E-state index in [-0.39, 0.29) is 38.8 Å². The van der Waals surface area contributed by atoms with Crippen molar-refractivity contribution in [3.63, 3.8) is 0 Å². The van der Waals surface area contributed by atoms with E-state index in [1.54, 1.807) is 11.6 Å². The van der Waals surface area contributed by atoms with Crippen LogP contribution in [-0.2, 0) is 26.5 Å². The molecule has 1 aliphatic carbocycles. The molecule has 3 atom stereocenters. The Bertz CT molecular complexity index is 2140. The summed E-state index contributed by atoms with van der Waals surface area (Å²) in [6.07, 6.45) is 2.37. The summed E-state index contributed by atoms with van der Waals surface area (Å²) in [6.45, 7) is 12.1. The summed E-state index contributed by atoms with van der Waals surface area (Å²) >= 11 is 0. The minimum atomic E-state index is -1.30. The molecule has 3 heterocycles. The predicted octanol–water partition coefficient (Wildman–Crippen LogP) is 9.98. The number of para-hydroxylation sites is 1. The molecule has 0 fully saturated rings. The first kappa shape index (κ1) is 32.8. The fraction of sp³-hybridized carbons (Fsp3) is 0.282. The van der Waals surface area contributed by atoms with Crippen LogP contribution in [0, 0.1) is 31.9 Å². The van der Waals surface area contributed by atoms with Gasteiger partial charge in [0.15, 0.2) is 0 Å². The first-order valence-electron chi connectivity index (χ1n) is 15.7. The molecule has 0 saturated carbocycles. The van der Waals surface area contributed by atoms with Gasteiger partial charge < -0.3 is 9.30 Å². The molecular weight excluding hydrogens is 774 g/mol. The number of ether oxygens (including phenoxy) is 1. The Balaban J connectivity index is 0.00000386. The van der Waals surface area contributed by atoms with Gasteiger partial charge in [-0.15, -0.1) is 35.7 Å². The van der Waals surface area contributed by atoms with Crippen molar-refractivity contribution >= 4 is 21.8 Å². The monoisotopic (exact) mass is 809 g/mol. The second-order valence-electron chi connectivity index (χ2n) is 13.3. The van der Waals surface area contributed by atoms with E-state index in [0.29, 0.717) is 34.1 Å². The predicted molar refractivity (Wildman–Crippen MR) is 179 cm³/mol. The van der Waals surface area contributed by atoms with Crippen molar-refractivity contribution in [2.45, 2.75) is 65.5 Å². The van der Waals surface area contributed by atoms with Crippen LogP contribution in [0.15, 0.2) is 84.8 Å². The number of allylic oxidation sites excluding steroid dienone is 2. The summed E-state index contributed by atoms with van der Waals surface area (Å²) < 4.78 is 40.3. The van der Waals surface area contributed by atoms with E-state index in [4.69, 9.17) is 9.72 Å². The van der Waals surface area contributed by atoms with Crippen LogP contribution < -0.4 is 4.74 Å². The topological polar surface area (TPSA) is 44.9 Å². The Labute approximate surface area is 288 Å². The molecule has 0 N–H and O–H groups in total. The third kappa shape index (κ3) is 5.95. The molecule has 242 valence electrons. The van der Waals surface area contributed by atoms with Gasteiger partial charge in [0.25, 0.3) is 0 Å². The summed E-state index contributed by atoms with van der Waals surface area (Å²) in [5.41, 5.74) is 5.53. The van der Waals surface area contributed by atoms with Crippen LogP contribution in [-0.4, -0.2) is 25.5 Å². The molecule has 3 aromatic carbocycles. The maximum Gasteiger partial charge on any atom is 2.00 e. The number of halogens is 2. The quantitative estimate of drug-likeness (QED) is 0.163. The van der Waals surface area contributed by atoms with Gasteiger partial charge in [-0.2, -0.15) is 17.2 Å². The average Bonchev–Trinajstić information content (AvgIpc) is 3.49. The molecule has 3 aromatic heterocycles. The number of hydrogen-bond acceptors (Lipinski definition) is 3. The smallest absolute Gasteiger partial charge is 0.509 e. The summed E-state index contributed by atoms with van der Waals surface area (Å²) in [5, 5.41) is 6.83. The van der Waals surface area contributed by atoms with Crippen LogP contribution in [0.25, 0.3) is 33.3 Å². The first-order valence-corrected chi connectivity index (χ1v) is 15.7. The third-order valence-corrected chi connectivity index (χ3v) is 8.96. The van der Waals surface area contributed by atoms with Crippen molar-refractivity contribution in [1.29, 1.82) is 0 Å². The number of aryl methyl sites for hydroxylation is 1. The summed E-state index contributed by atoms with van der Waals surface area (Å²) in [7, 11) is 0. The molecule has 47 heavy (non-hydrogen) atoms. The van der Waals surface area contributed by atoms with E-state index in [2.05, 4.69) is 66.8 Å². The Morgan fingerprint density at radius 1 is 0.936 bits per heavy atom. The minimum Gasteiger partial charge on any atom is -0.509 e. The number of rotatable bonds is 5. The SMILES string of the molecule is Cc1nn(-c2[c-]c(Oc3[c-]c4c(cc3)c3ccccc3n4-c3cc(C(C)(C)C)ccn3)ccc2)c(C)c1C1C(F)=C[C@H](C)C[C@@H]1F.[Pt+2]. The molecule has 0 aliphatic heterocycles. The number of hydrogen-bond donors (Lipinski definition) is 0. The zero-order valence-electron chi connectivity index (χ0n) is 27.2. The van der Waals surface area contributed by atoms with Crippen molar-refractivity contribution in [2.24, 2.45) is 5.92 Å². The number of fused-ring (bicyclic) bond motifs is 3. The van der Waals surface area contributed by atoms with Crippen LogP contribution in [0.4, 0.5) is 8.78 Å². The van der Waals surface area contributed by atoms with Gasteiger partial charge in [-0.05, 0) is 72.5 Å². The fourth-order valence-electron chi connectivity index (χ4n) is 6.68. The van der Waals surface area contributed by atoms with Gasteiger partial charge in [-0.3, -0.25) is 4.68 Å². The van der Waals surface area contributed by atoms with E-state index in [1.807, 2.05) is 62.5 Å². The van der Waals surface area contributed by atoms with E-state index < -0.39 is 17.9 Å². The van der Waals surface area contributed by atoms with E-state index in [9.17, 15) is 0 Å². The molecule has 0 saturated heterocycles. The molecule has 0 amide bonds. The van der Waals surface area contributed by atoms with E-state index >= 15 is 8.78 Å².